The van der Waals surface area contributed by atoms with Crippen LogP contribution >= 0.6 is 11.9 Å². The molecule has 0 fully saturated rings. The lowest BCUT2D eigenvalue weighted by Crippen LogP contribution is -2.04. The zero-order chi connectivity index (χ0) is 17.9. The van der Waals surface area contributed by atoms with Gasteiger partial charge >= 0.3 is 0 Å². The first-order chi connectivity index (χ1) is 12.7. The van der Waals surface area contributed by atoms with Gasteiger partial charge in [0.25, 0.3) is 0 Å². The highest BCUT2D eigenvalue weighted by molar-refractivity contribution is 7.98. The highest BCUT2D eigenvalue weighted by atomic mass is 32.2. The molecule has 0 unspecified atom stereocenters. The smallest absolute Gasteiger partial charge is 0.0604 e. The highest BCUT2D eigenvalue weighted by Crippen LogP contribution is 2.32. The molecule has 3 N–H and O–H groups in total. The third kappa shape index (κ3) is 3.31. The number of aromatic nitrogens is 2. The van der Waals surface area contributed by atoms with Crippen LogP contribution in [-0.4, -0.2) is 16.0 Å². The Balaban J connectivity index is 1.81. The average molecular weight is 360 g/mol. The van der Waals surface area contributed by atoms with Gasteiger partial charge in [-0.15, -0.1) is 0 Å². The normalized spacial score (nSPS) is 11.1. The number of anilines is 1. The van der Waals surface area contributed by atoms with Crippen molar-refractivity contribution in [3.63, 3.8) is 0 Å². The lowest BCUT2D eigenvalue weighted by atomic mass is 10.0. The van der Waals surface area contributed by atoms with Gasteiger partial charge < -0.3 is 11.1 Å². The van der Waals surface area contributed by atoms with E-state index in [4.69, 9.17) is 5.73 Å². The first kappa shape index (κ1) is 16.7. The largest absolute Gasteiger partial charge is 0.399 e. The number of nitrogens with one attached hydrogen (secondary N) is 1. The van der Waals surface area contributed by atoms with Crippen LogP contribution in [0.4, 0.5) is 5.69 Å². The summed E-state index contributed by atoms with van der Waals surface area (Å²) in [5.74, 6) is 0. The van der Waals surface area contributed by atoms with Crippen LogP contribution in [0.3, 0.4) is 0 Å². The molecule has 0 atom stereocenters. The van der Waals surface area contributed by atoms with Gasteiger partial charge in [0, 0.05) is 41.1 Å². The van der Waals surface area contributed by atoms with Crippen LogP contribution in [0.25, 0.3) is 22.0 Å². The fourth-order valence-electron chi connectivity index (χ4n) is 3.04. The van der Waals surface area contributed by atoms with Gasteiger partial charge in [-0.05, 0) is 66.0 Å². The second-order valence-electron chi connectivity index (χ2n) is 6.14. The lowest BCUT2D eigenvalue weighted by Gasteiger charge is -2.07. The van der Waals surface area contributed by atoms with E-state index in [9.17, 15) is 0 Å². The van der Waals surface area contributed by atoms with Gasteiger partial charge in [0.05, 0.1) is 5.52 Å². The van der Waals surface area contributed by atoms with Crippen LogP contribution in [0.5, 0.6) is 0 Å². The van der Waals surface area contributed by atoms with E-state index >= 15 is 0 Å². The number of nitrogen functional groups attached to an aromatic ring is 1. The fraction of sp³-hybridized carbons (Fsp3) is 0.0952. The number of pyridine rings is 1. The minimum Gasteiger partial charge on any atom is -0.399 e. The molecule has 0 saturated heterocycles. The molecule has 4 rings (SSSR count). The Morgan fingerprint density at radius 1 is 1.08 bits per heavy atom. The molecule has 2 aromatic heterocycles. The van der Waals surface area contributed by atoms with E-state index in [0.29, 0.717) is 0 Å². The van der Waals surface area contributed by atoms with Crippen molar-refractivity contribution in [2.24, 2.45) is 0 Å². The molecule has 4 aromatic rings. The van der Waals surface area contributed by atoms with Gasteiger partial charge in [0.2, 0.25) is 0 Å². The van der Waals surface area contributed by atoms with Crippen LogP contribution < -0.4 is 11.1 Å². The van der Waals surface area contributed by atoms with Gasteiger partial charge in [-0.1, -0.05) is 24.3 Å². The van der Waals surface area contributed by atoms with E-state index in [-0.39, 0.29) is 0 Å². The molecule has 26 heavy (non-hydrogen) atoms. The molecular weight excluding hydrogens is 340 g/mol. The maximum absolute atomic E-state index is 5.82. The Morgan fingerprint density at radius 3 is 2.62 bits per heavy atom. The second kappa shape index (κ2) is 7.23. The molecule has 2 aromatic carbocycles. The molecular formula is C21H20N4S. The molecule has 0 spiro atoms. The minimum absolute atomic E-state index is 0.779. The first-order valence-electron chi connectivity index (χ1n) is 8.47. The quantitative estimate of drug-likeness (QED) is 0.512. The van der Waals surface area contributed by atoms with Crippen molar-refractivity contribution in [3.05, 3.63) is 78.8 Å². The third-order valence-electron chi connectivity index (χ3n) is 4.30. The number of nitrogens with two attached hydrogens (primary N) is 1. The van der Waals surface area contributed by atoms with Crippen LogP contribution in [0.15, 0.2) is 78.1 Å². The Kier molecular flexibility index (Phi) is 4.65. The predicted octanol–water partition coefficient (Wildman–Crippen LogP) is 4.56. The van der Waals surface area contributed by atoms with Crippen LogP contribution in [0, 0.1) is 0 Å². The first-order valence-corrected chi connectivity index (χ1v) is 9.25. The molecule has 0 aliphatic heterocycles. The van der Waals surface area contributed by atoms with Gasteiger partial charge in [-0.2, -0.15) is 0 Å². The van der Waals surface area contributed by atoms with Crippen LogP contribution in [0.1, 0.15) is 5.56 Å². The minimum atomic E-state index is 0.779. The summed E-state index contributed by atoms with van der Waals surface area (Å²) in [5, 5.41) is 4.52. The van der Waals surface area contributed by atoms with Crippen molar-refractivity contribution in [2.45, 2.75) is 11.4 Å². The standard InChI is InChI=1S/C21H20N4S/c1-23-12-17-14-25(26-19-3-2-10-24-13-19)21-11-16(6-9-20(17)21)15-4-7-18(22)8-5-15/h2-11,13-14,23H,12,22H2,1H3. The summed E-state index contributed by atoms with van der Waals surface area (Å²) in [7, 11) is 1.97. The molecule has 0 saturated carbocycles. The number of hydrogen-bond acceptors (Lipinski definition) is 4. The van der Waals surface area contributed by atoms with Gasteiger partial charge in [0.1, 0.15) is 0 Å². The van der Waals surface area contributed by atoms with E-state index in [2.05, 4.69) is 56.9 Å². The summed E-state index contributed by atoms with van der Waals surface area (Å²) in [6.45, 7) is 0.832. The third-order valence-corrected chi connectivity index (χ3v) is 5.25. The second-order valence-corrected chi connectivity index (χ2v) is 7.19. The topological polar surface area (TPSA) is 55.9 Å². The molecule has 0 amide bonds. The Morgan fingerprint density at radius 2 is 1.88 bits per heavy atom. The average Bonchev–Trinajstić information content (AvgIpc) is 3.00. The number of rotatable bonds is 5. The Bertz CT molecular complexity index is 1020. The van der Waals surface area contributed by atoms with E-state index in [1.807, 2.05) is 31.4 Å². The van der Waals surface area contributed by atoms with Crippen molar-refractivity contribution in [1.29, 1.82) is 0 Å². The van der Waals surface area contributed by atoms with E-state index in [1.54, 1.807) is 18.1 Å². The predicted molar refractivity (Wildman–Crippen MR) is 110 cm³/mol. The fourth-order valence-corrected chi connectivity index (χ4v) is 3.95. The van der Waals surface area contributed by atoms with Crippen LogP contribution in [-0.2, 0) is 6.54 Å². The summed E-state index contributed by atoms with van der Waals surface area (Å²) in [4.78, 5) is 5.33. The van der Waals surface area contributed by atoms with Gasteiger partial charge in [-0.25, -0.2) is 0 Å². The molecule has 4 nitrogen and oxygen atoms in total. The maximum atomic E-state index is 5.82. The molecule has 0 bridgehead atoms. The monoisotopic (exact) mass is 360 g/mol. The number of nitrogens with zero attached hydrogens (tertiary/aromatic N) is 2. The van der Waals surface area contributed by atoms with Crippen molar-refractivity contribution >= 4 is 28.5 Å². The summed E-state index contributed by atoms with van der Waals surface area (Å²) in [5.41, 5.74) is 11.4. The molecule has 130 valence electrons. The molecule has 0 aliphatic rings. The Hall–Kier alpha value is -2.76. The van der Waals surface area contributed by atoms with Crippen molar-refractivity contribution < 1.29 is 0 Å². The summed E-state index contributed by atoms with van der Waals surface area (Å²) in [6.07, 6.45) is 5.88. The number of benzene rings is 2. The molecule has 5 heteroatoms. The maximum Gasteiger partial charge on any atom is 0.0604 e. The number of fused-ring (bicyclic) bond motifs is 1. The summed E-state index contributed by atoms with van der Waals surface area (Å²) < 4.78 is 2.22. The Labute approximate surface area is 157 Å². The van der Waals surface area contributed by atoms with E-state index < -0.39 is 0 Å². The van der Waals surface area contributed by atoms with Gasteiger partial charge in [-0.3, -0.25) is 8.96 Å². The van der Waals surface area contributed by atoms with Crippen molar-refractivity contribution in [3.8, 4) is 11.1 Å². The highest BCUT2D eigenvalue weighted by Gasteiger charge is 2.11. The lowest BCUT2D eigenvalue weighted by molar-refractivity contribution is 0.822. The zero-order valence-electron chi connectivity index (χ0n) is 14.5. The summed E-state index contributed by atoms with van der Waals surface area (Å²) >= 11 is 1.68. The molecule has 2 heterocycles. The molecule has 0 radical (unpaired) electrons. The SMILES string of the molecule is CNCc1cn(Sc2cccnc2)c2cc(-c3ccc(N)cc3)ccc12. The van der Waals surface area contributed by atoms with Crippen molar-refractivity contribution in [2.75, 3.05) is 12.8 Å². The zero-order valence-corrected chi connectivity index (χ0v) is 15.3. The number of hydrogen-bond donors (Lipinski definition) is 2. The van der Waals surface area contributed by atoms with E-state index in [0.717, 1.165) is 22.7 Å². The molecule has 0 aliphatic carbocycles. The van der Waals surface area contributed by atoms with E-state index in [1.165, 1.54) is 22.0 Å². The van der Waals surface area contributed by atoms with Crippen molar-refractivity contribution in [1.82, 2.24) is 14.3 Å². The van der Waals surface area contributed by atoms with Gasteiger partial charge in [0.15, 0.2) is 0 Å². The van der Waals surface area contributed by atoms with Crippen LogP contribution in [0.2, 0.25) is 0 Å². The summed E-state index contributed by atoms with van der Waals surface area (Å²) in [6, 6.07) is 18.7.